The maximum atomic E-state index is 13.3. The molecule has 1 aliphatic rings. The normalized spacial score (nSPS) is 14.2. The van der Waals surface area contributed by atoms with Crippen LogP contribution >= 0.6 is 0 Å². The van der Waals surface area contributed by atoms with Gasteiger partial charge in [-0.2, -0.15) is 0 Å². The number of hydrogen-bond acceptors (Lipinski definition) is 17. The Balaban J connectivity index is 1.19. The van der Waals surface area contributed by atoms with Gasteiger partial charge in [-0.1, -0.05) is 13.3 Å². The van der Waals surface area contributed by atoms with Crippen LogP contribution in [0.15, 0.2) is 68.5 Å². The molecule has 0 aliphatic carbocycles. The predicted octanol–water partition coefficient (Wildman–Crippen LogP) is 5.31. The maximum Gasteiger partial charge on any atom is 0.273 e. The number of carbonyl (C=O) groups excluding carboxylic acids is 1. The molecule has 0 saturated heterocycles. The van der Waals surface area contributed by atoms with Crippen LogP contribution in [0, 0.1) is 0 Å². The Morgan fingerprint density at radius 1 is 0.680 bits per heavy atom. The van der Waals surface area contributed by atoms with Crippen LogP contribution in [-0.4, -0.2) is 79.5 Å². The Labute approximate surface area is 281 Å². The van der Waals surface area contributed by atoms with Crippen molar-refractivity contribution in [1.29, 1.82) is 0 Å². The molecule has 0 fully saturated rings. The van der Waals surface area contributed by atoms with E-state index >= 15 is 0 Å². The lowest BCUT2D eigenvalue weighted by Gasteiger charge is -2.15. The third-order valence-corrected chi connectivity index (χ3v) is 7.59. The van der Waals surface area contributed by atoms with E-state index < -0.39 is 11.9 Å². The van der Waals surface area contributed by atoms with E-state index in [1.54, 1.807) is 0 Å². The number of carbonyl (C=O) groups is 1. The topological polar surface area (TPSA) is 224 Å². The van der Waals surface area contributed by atoms with Crippen molar-refractivity contribution in [3.8, 4) is 69.5 Å². The van der Waals surface area contributed by atoms with Crippen LogP contribution in [0.3, 0.4) is 0 Å². The van der Waals surface area contributed by atoms with E-state index in [-0.39, 0.29) is 70.6 Å². The zero-order valence-electron chi connectivity index (χ0n) is 27.0. The first-order valence-corrected chi connectivity index (χ1v) is 15.7. The fourth-order valence-corrected chi connectivity index (χ4v) is 4.97. The first kappa shape index (κ1) is 31.1. The molecule has 1 N–H and O–H groups in total. The summed E-state index contributed by atoms with van der Waals surface area (Å²) >= 11 is 0. The fraction of sp³-hybridized carbons (Fsp3) is 0.312. The number of oxazole rings is 7. The summed E-state index contributed by atoms with van der Waals surface area (Å²) in [6.07, 6.45) is 10.4. The molecule has 1 amide bonds. The highest BCUT2D eigenvalue weighted by atomic mass is 16.5. The van der Waals surface area contributed by atoms with Gasteiger partial charge in [-0.25, -0.2) is 34.9 Å². The number of unbranched alkanes of at least 4 members (excludes halogenated alkanes) is 1. The van der Waals surface area contributed by atoms with Crippen LogP contribution < -0.4 is 5.32 Å². The van der Waals surface area contributed by atoms with Crippen molar-refractivity contribution in [3.63, 3.8) is 0 Å². The van der Waals surface area contributed by atoms with Gasteiger partial charge in [0.2, 0.25) is 41.2 Å². The third-order valence-electron chi connectivity index (χ3n) is 7.59. The third kappa shape index (κ3) is 6.12. The average Bonchev–Trinajstić information content (AvgIpc) is 3.96. The van der Waals surface area contributed by atoms with Gasteiger partial charge in [0, 0.05) is 19.6 Å². The number of nitrogens with zero attached hydrogens (tertiary/aromatic N) is 8. The summed E-state index contributed by atoms with van der Waals surface area (Å²) in [5.74, 6) is 0.975. The summed E-state index contributed by atoms with van der Waals surface area (Å²) in [7, 11) is 3.90. The van der Waals surface area contributed by atoms with Crippen LogP contribution in [0.5, 0.6) is 0 Å². The Morgan fingerprint density at radius 3 is 1.82 bits per heavy atom. The standard InChI is InChI=1S/C32H29N9O9/c1-4-5-8-43-9-17-26-35-19(12-45-26)28-37-20(13-46-28)29-38-22(15-48-29)31-40-24(23(50-31)6-7-41(2)3)32-39-21(14-49-32)30-36-18(11-47-30)27-34-16(10-44-27)25(42)33-17/h10-15,17H,4-9H2,1-3H3,(H,33,42). The molecule has 18 nitrogen and oxygen atoms in total. The molecule has 18 heteroatoms. The lowest BCUT2D eigenvalue weighted by atomic mass is 10.2. The van der Waals surface area contributed by atoms with Crippen LogP contribution in [0.25, 0.3) is 69.5 Å². The zero-order valence-corrected chi connectivity index (χ0v) is 27.0. The predicted molar refractivity (Wildman–Crippen MR) is 168 cm³/mol. The number of aromatic nitrogens is 7. The molecule has 0 saturated carbocycles. The van der Waals surface area contributed by atoms with Crippen LogP contribution in [0.1, 0.15) is 47.9 Å². The van der Waals surface area contributed by atoms with Crippen LogP contribution in [-0.2, 0) is 11.2 Å². The lowest BCUT2D eigenvalue weighted by molar-refractivity contribution is 0.0790. The summed E-state index contributed by atoms with van der Waals surface area (Å²) < 4.78 is 46.2. The Morgan fingerprint density at radius 2 is 1.20 bits per heavy atom. The number of amides is 1. The molecule has 14 bridgehead atoms. The van der Waals surface area contributed by atoms with Gasteiger partial charge in [0.15, 0.2) is 39.9 Å². The number of likely N-dealkylation sites (N-methyl/N-ethyl adjacent to an activating group) is 1. The van der Waals surface area contributed by atoms with Gasteiger partial charge in [0.1, 0.15) is 49.4 Å². The van der Waals surface area contributed by atoms with E-state index in [0.29, 0.717) is 42.4 Å². The number of hydrogen-bond donors (Lipinski definition) is 1. The van der Waals surface area contributed by atoms with Gasteiger partial charge < -0.3 is 45.9 Å². The van der Waals surface area contributed by atoms with E-state index in [0.717, 1.165) is 12.8 Å². The molecular formula is C32H29N9O9. The minimum absolute atomic E-state index is 0.0113. The smallest absolute Gasteiger partial charge is 0.273 e. The van der Waals surface area contributed by atoms with Gasteiger partial charge in [-0.05, 0) is 20.5 Å². The highest BCUT2D eigenvalue weighted by Crippen LogP contribution is 2.33. The summed E-state index contributed by atoms with van der Waals surface area (Å²) in [5, 5.41) is 2.85. The average molecular weight is 684 g/mol. The van der Waals surface area contributed by atoms with Crippen molar-refractivity contribution in [2.24, 2.45) is 0 Å². The van der Waals surface area contributed by atoms with Gasteiger partial charge >= 0.3 is 0 Å². The van der Waals surface area contributed by atoms with Gasteiger partial charge in [-0.15, -0.1) is 0 Å². The molecule has 50 heavy (non-hydrogen) atoms. The van der Waals surface area contributed by atoms with E-state index in [1.165, 1.54) is 37.6 Å². The second kappa shape index (κ2) is 13.1. The fourth-order valence-electron chi connectivity index (χ4n) is 4.97. The van der Waals surface area contributed by atoms with E-state index in [1.807, 2.05) is 19.0 Å². The molecule has 256 valence electrons. The van der Waals surface area contributed by atoms with E-state index in [9.17, 15) is 4.79 Å². The summed E-state index contributed by atoms with van der Waals surface area (Å²) in [6, 6.07) is -0.782. The highest BCUT2D eigenvalue weighted by Gasteiger charge is 2.28. The molecule has 7 aromatic heterocycles. The second-order valence-corrected chi connectivity index (χ2v) is 11.6. The molecule has 7 aromatic rings. The van der Waals surface area contributed by atoms with Gasteiger partial charge in [0.05, 0.1) is 6.61 Å². The Bertz CT molecular complexity index is 2250. The molecule has 1 aliphatic heterocycles. The first-order chi connectivity index (χ1) is 24.4. The van der Waals surface area contributed by atoms with Crippen molar-refractivity contribution >= 4 is 5.91 Å². The summed E-state index contributed by atoms with van der Waals surface area (Å²) in [5.41, 5.74) is 1.77. The molecule has 1 atom stereocenters. The maximum absolute atomic E-state index is 13.3. The number of nitrogens with one attached hydrogen (secondary N) is 1. The zero-order chi connectivity index (χ0) is 34.2. The van der Waals surface area contributed by atoms with Gasteiger partial charge in [-0.3, -0.25) is 4.79 Å². The molecular weight excluding hydrogens is 654 g/mol. The molecule has 1 unspecified atom stereocenters. The Hall–Kier alpha value is -6.14. The van der Waals surface area contributed by atoms with Crippen molar-refractivity contribution in [1.82, 2.24) is 45.1 Å². The minimum atomic E-state index is -0.782. The van der Waals surface area contributed by atoms with Crippen molar-refractivity contribution in [3.05, 3.63) is 54.9 Å². The monoisotopic (exact) mass is 683 g/mol. The van der Waals surface area contributed by atoms with Crippen LogP contribution in [0.4, 0.5) is 0 Å². The molecule has 8 rings (SSSR count). The van der Waals surface area contributed by atoms with Crippen molar-refractivity contribution in [2.45, 2.75) is 32.2 Å². The Kier molecular flexibility index (Phi) is 8.13. The van der Waals surface area contributed by atoms with E-state index in [2.05, 4.69) is 47.1 Å². The molecule has 0 radical (unpaired) electrons. The number of rotatable bonds is 8. The first-order valence-electron chi connectivity index (χ1n) is 15.7. The SMILES string of the molecule is CCCCOCC1NC(=O)c2coc(n2)-c2coc(n2)-c2coc(n2)-c2nc(oc2CCN(C)C)-c2coc(n2)-c2coc(n2)-c2coc1n2. The molecule has 0 spiro atoms. The van der Waals surface area contributed by atoms with Gasteiger partial charge in [0.25, 0.3) is 5.91 Å². The van der Waals surface area contributed by atoms with Crippen molar-refractivity contribution in [2.75, 3.05) is 33.9 Å². The number of fused-ring (bicyclic) bond motifs is 20. The lowest BCUT2D eigenvalue weighted by Crippen LogP contribution is -2.32. The van der Waals surface area contributed by atoms with Crippen LogP contribution in [0.2, 0.25) is 0 Å². The van der Waals surface area contributed by atoms with Crippen molar-refractivity contribution < 1.29 is 40.5 Å². The number of ether oxygens (including phenoxy) is 1. The largest absolute Gasteiger partial charge is 0.446 e. The summed E-state index contributed by atoms with van der Waals surface area (Å²) in [4.78, 5) is 46.9. The van der Waals surface area contributed by atoms with E-state index in [4.69, 9.17) is 35.7 Å². The molecule has 8 heterocycles. The summed E-state index contributed by atoms with van der Waals surface area (Å²) in [6.45, 7) is 3.28. The molecule has 0 aromatic carbocycles. The second-order valence-electron chi connectivity index (χ2n) is 11.6. The quantitative estimate of drug-likeness (QED) is 0.200. The minimum Gasteiger partial charge on any atom is -0.446 e. The highest BCUT2D eigenvalue weighted by molar-refractivity contribution is 5.92.